The van der Waals surface area contributed by atoms with Crippen LogP contribution in [0.3, 0.4) is 0 Å². The van der Waals surface area contributed by atoms with Gasteiger partial charge < -0.3 is 10.2 Å². The molecule has 1 aromatic rings. The maximum atomic E-state index is 4.70. The second kappa shape index (κ2) is 6.43. The van der Waals surface area contributed by atoms with Crippen LogP contribution in [-0.4, -0.2) is 30.0 Å². The van der Waals surface area contributed by atoms with E-state index in [1.165, 1.54) is 18.4 Å². The Kier molecular flexibility index (Phi) is 5.11. The molecule has 0 amide bonds. The number of nitrogens with zero attached hydrogens (tertiary/aromatic N) is 2. The lowest BCUT2D eigenvalue weighted by atomic mass is 9.95. The number of hydrogen-bond acceptors (Lipinski definition) is 4. The Morgan fingerprint density at radius 3 is 3.05 bits per heavy atom. The predicted molar refractivity (Wildman–Crippen MR) is 92.5 cm³/mol. The van der Waals surface area contributed by atoms with Gasteiger partial charge in [-0.3, -0.25) is 4.99 Å². The highest BCUT2D eigenvalue weighted by molar-refractivity contribution is 14.0. The number of fused-ring (bicyclic) bond motifs is 1. The van der Waals surface area contributed by atoms with Gasteiger partial charge in [-0.25, -0.2) is 0 Å². The van der Waals surface area contributed by atoms with Crippen molar-refractivity contribution in [3.8, 4) is 0 Å². The normalized spacial score (nSPS) is 27.3. The van der Waals surface area contributed by atoms with Gasteiger partial charge in [0.2, 0.25) is 0 Å². The van der Waals surface area contributed by atoms with Gasteiger partial charge in [0.05, 0.1) is 18.6 Å². The van der Waals surface area contributed by atoms with Crippen molar-refractivity contribution in [1.82, 2.24) is 10.2 Å². The largest absolute Gasteiger partial charge is 0.350 e. The third-order valence-electron chi connectivity index (χ3n) is 4.05. The summed E-state index contributed by atoms with van der Waals surface area (Å²) >= 11 is 1.76. The van der Waals surface area contributed by atoms with Crippen molar-refractivity contribution in [1.29, 1.82) is 0 Å². The van der Waals surface area contributed by atoms with Crippen LogP contribution in [0.15, 0.2) is 21.8 Å². The number of thiophene rings is 1. The third kappa shape index (κ3) is 3.24. The fraction of sp³-hybridized carbons (Fsp3) is 0.643. The van der Waals surface area contributed by atoms with Crippen LogP contribution in [0.25, 0.3) is 0 Å². The molecule has 5 heteroatoms. The van der Waals surface area contributed by atoms with Gasteiger partial charge in [-0.15, -0.1) is 24.0 Å². The highest BCUT2D eigenvalue weighted by atomic mass is 127. The maximum absolute atomic E-state index is 4.70. The molecule has 106 valence electrons. The Hall–Kier alpha value is -0.300. The van der Waals surface area contributed by atoms with Crippen molar-refractivity contribution in [2.75, 3.05) is 13.1 Å². The molecule has 1 aromatic heterocycles. The third-order valence-corrected chi connectivity index (χ3v) is 4.76. The Labute approximate surface area is 136 Å². The van der Waals surface area contributed by atoms with Gasteiger partial charge in [-0.05, 0) is 48.1 Å². The van der Waals surface area contributed by atoms with E-state index in [0.717, 1.165) is 25.0 Å². The molecule has 1 saturated heterocycles. The van der Waals surface area contributed by atoms with Crippen molar-refractivity contribution in [2.24, 2.45) is 10.9 Å². The van der Waals surface area contributed by atoms with E-state index in [4.69, 9.17) is 4.99 Å². The SMILES string of the molecule is CC1CCC2CN=C(NC(C)c3ccsc3)N2C1.I. The van der Waals surface area contributed by atoms with E-state index in [1.54, 1.807) is 11.3 Å². The topological polar surface area (TPSA) is 27.6 Å². The van der Waals surface area contributed by atoms with Gasteiger partial charge in [-0.2, -0.15) is 11.3 Å². The monoisotopic (exact) mass is 391 g/mol. The van der Waals surface area contributed by atoms with E-state index in [2.05, 4.69) is 40.9 Å². The summed E-state index contributed by atoms with van der Waals surface area (Å²) in [6.07, 6.45) is 2.65. The number of rotatable bonds is 2. The molecule has 3 rings (SSSR count). The zero-order valence-electron chi connectivity index (χ0n) is 11.5. The minimum absolute atomic E-state index is 0. The lowest BCUT2D eigenvalue weighted by Gasteiger charge is -2.36. The fourth-order valence-electron chi connectivity index (χ4n) is 2.87. The molecule has 19 heavy (non-hydrogen) atoms. The molecule has 0 radical (unpaired) electrons. The summed E-state index contributed by atoms with van der Waals surface area (Å²) in [5, 5.41) is 7.93. The Bertz CT molecular complexity index is 432. The Morgan fingerprint density at radius 2 is 2.32 bits per heavy atom. The first kappa shape index (κ1) is 15.1. The van der Waals surface area contributed by atoms with Crippen molar-refractivity contribution in [2.45, 2.75) is 38.8 Å². The van der Waals surface area contributed by atoms with E-state index in [0.29, 0.717) is 12.1 Å². The van der Waals surface area contributed by atoms with E-state index in [-0.39, 0.29) is 24.0 Å². The van der Waals surface area contributed by atoms with Crippen molar-refractivity contribution < 1.29 is 0 Å². The van der Waals surface area contributed by atoms with Gasteiger partial charge in [0.25, 0.3) is 0 Å². The molecule has 0 spiro atoms. The maximum Gasteiger partial charge on any atom is 0.194 e. The van der Waals surface area contributed by atoms with Gasteiger partial charge >= 0.3 is 0 Å². The summed E-state index contributed by atoms with van der Waals surface area (Å²) in [5.41, 5.74) is 1.36. The van der Waals surface area contributed by atoms with Crippen molar-refractivity contribution in [3.05, 3.63) is 22.4 Å². The molecule has 2 aliphatic heterocycles. The lowest BCUT2D eigenvalue weighted by molar-refractivity contribution is 0.210. The summed E-state index contributed by atoms with van der Waals surface area (Å²) in [7, 11) is 0. The van der Waals surface area contributed by atoms with E-state index < -0.39 is 0 Å². The van der Waals surface area contributed by atoms with Crippen molar-refractivity contribution in [3.63, 3.8) is 0 Å². The number of guanidine groups is 1. The molecule has 1 N–H and O–H groups in total. The second-order valence-corrected chi connectivity index (χ2v) is 6.36. The minimum Gasteiger partial charge on any atom is -0.350 e. The molecule has 3 nitrogen and oxygen atoms in total. The summed E-state index contributed by atoms with van der Waals surface area (Å²) in [6, 6.07) is 3.19. The van der Waals surface area contributed by atoms with Crippen LogP contribution in [0.1, 0.15) is 38.3 Å². The quantitative estimate of drug-likeness (QED) is 0.782. The number of hydrogen-bond donors (Lipinski definition) is 1. The van der Waals surface area contributed by atoms with Crippen LogP contribution in [-0.2, 0) is 0 Å². The molecular formula is C14H22IN3S. The van der Waals surface area contributed by atoms with Crippen LogP contribution in [0.4, 0.5) is 0 Å². The molecule has 3 heterocycles. The second-order valence-electron chi connectivity index (χ2n) is 5.58. The lowest BCUT2D eigenvalue weighted by Crippen LogP contribution is -2.48. The molecule has 3 unspecified atom stereocenters. The molecule has 2 aliphatic rings. The van der Waals surface area contributed by atoms with Crippen LogP contribution >= 0.6 is 35.3 Å². The number of aliphatic imine (C=N–C) groups is 1. The highest BCUT2D eigenvalue weighted by Gasteiger charge is 2.33. The van der Waals surface area contributed by atoms with Crippen LogP contribution in [0, 0.1) is 5.92 Å². The average Bonchev–Trinajstić information content (AvgIpc) is 2.99. The summed E-state index contributed by atoms with van der Waals surface area (Å²) in [4.78, 5) is 7.18. The Balaban J connectivity index is 0.00000133. The first-order valence-corrected chi connectivity index (χ1v) is 7.78. The van der Waals surface area contributed by atoms with Gasteiger partial charge in [0.15, 0.2) is 5.96 Å². The summed E-state index contributed by atoms with van der Waals surface area (Å²) in [6.45, 7) is 6.69. The van der Waals surface area contributed by atoms with Gasteiger partial charge in [-0.1, -0.05) is 6.92 Å². The molecule has 3 atom stereocenters. The van der Waals surface area contributed by atoms with E-state index in [1.807, 2.05) is 0 Å². The Morgan fingerprint density at radius 1 is 1.47 bits per heavy atom. The van der Waals surface area contributed by atoms with E-state index >= 15 is 0 Å². The molecular weight excluding hydrogens is 369 g/mol. The number of nitrogens with one attached hydrogen (secondary N) is 1. The highest BCUT2D eigenvalue weighted by Crippen LogP contribution is 2.26. The fourth-order valence-corrected chi connectivity index (χ4v) is 3.62. The predicted octanol–water partition coefficient (Wildman–Crippen LogP) is 3.49. The number of piperidine rings is 1. The van der Waals surface area contributed by atoms with Crippen molar-refractivity contribution >= 4 is 41.3 Å². The average molecular weight is 391 g/mol. The summed E-state index contributed by atoms with van der Waals surface area (Å²) in [5.74, 6) is 1.91. The first-order chi connectivity index (χ1) is 8.74. The minimum atomic E-state index is 0. The van der Waals surface area contributed by atoms with E-state index in [9.17, 15) is 0 Å². The molecule has 0 bridgehead atoms. The van der Waals surface area contributed by atoms with Crippen LogP contribution in [0.5, 0.6) is 0 Å². The summed E-state index contributed by atoms with van der Waals surface area (Å²) < 4.78 is 0. The van der Waals surface area contributed by atoms with Gasteiger partial charge in [0, 0.05) is 6.54 Å². The van der Waals surface area contributed by atoms with Crippen LogP contribution in [0.2, 0.25) is 0 Å². The number of halogens is 1. The molecule has 0 aliphatic carbocycles. The standard InChI is InChI=1S/C14H21N3S.HI/c1-10-3-4-13-7-15-14(17(13)8-10)16-11(2)12-5-6-18-9-12;/h5-6,9-11,13H,3-4,7-8H2,1-2H3,(H,15,16);1H. The molecule has 0 saturated carbocycles. The zero-order valence-corrected chi connectivity index (χ0v) is 14.7. The van der Waals surface area contributed by atoms with Crippen LogP contribution < -0.4 is 5.32 Å². The molecule has 0 aromatic carbocycles. The van der Waals surface area contributed by atoms with Gasteiger partial charge in [0.1, 0.15) is 0 Å². The zero-order chi connectivity index (χ0) is 12.5. The smallest absolute Gasteiger partial charge is 0.194 e. The first-order valence-electron chi connectivity index (χ1n) is 6.84. The molecule has 1 fully saturated rings.